The first-order chi connectivity index (χ1) is 14.6. The number of nitrogens with zero attached hydrogens (tertiary/aromatic N) is 2. The minimum atomic E-state index is -0.455. The largest absolute Gasteiger partial charge is 0.362 e. The Kier molecular flexibility index (Phi) is 4.90. The van der Waals surface area contributed by atoms with E-state index in [0.717, 1.165) is 29.1 Å². The van der Waals surface area contributed by atoms with Gasteiger partial charge in [0.2, 0.25) is 5.91 Å². The third kappa shape index (κ3) is 3.65. The van der Waals surface area contributed by atoms with Crippen molar-refractivity contribution < 1.29 is 9.59 Å². The third-order valence-electron chi connectivity index (χ3n) is 5.99. The van der Waals surface area contributed by atoms with Crippen LogP contribution in [0, 0.1) is 0 Å². The maximum Gasteiger partial charge on any atom is 0.255 e. The van der Waals surface area contributed by atoms with Crippen LogP contribution in [0.1, 0.15) is 41.0 Å². The summed E-state index contributed by atoms with van der Waals surface area (Å²) in [4.78, 5) is 31.8. The lowest BCUT2D eigenvalue weighted by atomic mass is 9.92. The van der Waals surface area contributed by atoms with Crippen LogP contribution < -0.4 is 10.6 Å². The number of carbonyl (C=O) groups is 2. The van der Waals surface area contributed by atoms with E-state index < -0.39 is 5.66 Å². The average Bonchev–Trinajstić information content (AvgIpc) is 3.17. The van der Waals surface area contributed by atoms with Crippen molar-refractivity contribution in [3.8, 4) is 0 Å². The molecule has 30 heavy (non-hydrogen) atoms. The predicted molar refractivity (Wildman–Crippen MR) is 119 cm³/mol. The first-order valence-electron chi connectivity index (χ1n) is 10.4. The maximum atomic E-state index is 12.7. The highest BCUT2D eigenvalue weighted by Gasteiger charge is 2.40. The molecule has 7 heteroatoms. The number of benzene rings is 2. The molecule has 6 nitrogen and oxygen atoms in total. The third-order valence-corrected chi connectivity index (χ3v) is 7.08. The first kappa shape index (κ1) is 19.1. The van der Waals surface area contributed by atoms with E-state index in [-0.39, 0.29) is 11.8 Å². The smallest absolute Gasteiger partial charge is 0.255 e. The van der Waals surface area contributed by atoms with Gasteiger partial charge in [-0.2, -0.15) is 0 Å². The molecule has 2 aliphatic rings. The molecule has 2 amide bonds. The van der Waals surface area contributed by atoms with E-state index in [9.17, 15) is 9.59 Å². The topological polar surface area (TPSA) is 74.3 Å². The number of para-hydroxylation sites is 2. The second-order valence-corrected chi connectivity index (χ2v) is 9.13. The van der Waals surface area contributed by atoms with E-state index in [0.29, 0.717) is 37.9 Å². The maximum absolute atomic E-state index is 12.7. The van der Waals surface area contributed by atoms with Gasteiger partial charge in [0.05, 0.1) is 20.8 Å². The van der Waals surface area contributed by atoms with Crippen molar-refractivity contribution in [3.63, 3.8) is 0 Å². The molecular formula is C23H24N4O2S. The summed E-state index contributed by atoms with van der Waals surface area (Å²) in [7, 11) is 0. The Morgan fingerprint density at radius 1 is 1.07 bits per heavy atom. The number of carbonyl (C=O) groups excluding carboxylic acids is 2. The second kappa shape index (κ2) is 7.72. The number of amides is 2. The summed E-state index contributed by atoms with van der Waals surface area (Å²) in [6, 6.07) is 15.7. The molecule has 0 aliphatic carbocycles. The number of thiazole rings is 1. The molecule has 1 aromatic heterocycles. The van der Waals surface area contributed by atoms with Crippen LogP contribution in [0.2, 0.25) is 0 Å². The Hall–Kier alpha value is -2.93. The van der Waals surface area contributed by atoms with Crippen molar-refractivity contribution in [1.82, 2.24) is 15.2 Å². The summed E-state index contributed by atoms with van der Waals surface area (Å²) in [5.41, 5.74) is 2.13. The second-order valence-electron chi connectivity index (χ2n) is 8.02. The fourth-order valence-corrected chi connectivity index (χ4v) is 5.34. The Morgan fingerprint density at radius 2 is 1.83 bits per heavy atom. The Labute approximate surface area is 179 Å². The minimum Gasteiger partial charge on any atom is -0.362 e. The number of rotatable bonds is 4. The van der Waals surface area contributed by atoms with Gasteiger partial charge < -0.3 is 15.5 Å². The fraction of sp³-hybridized carbons (Fsp3) is 0.348. The number of hydrogen-bond acceptors (Lipinski definition) is 5. The Balaban J connectivity index is 1.14. The number of aryl methyl sites for hydroxylation is 1. The number of aromatic nitrogens is 1. The van der Waals surface area contributed by atoms with Gasteiger partial charge in [0, 0.05) is 38.0 Å². The van der Waals surface area contributed by atoms with Gasteiger partial charge in [0.15, 0.2) is 0 Å². The van der Waals surface area contributed by atoms with E-state index in [1.165, 1.54) is 4.70 Å². The quantitative estimate of drug-likeness (QED) is 0.673. The minimum absolute atomic E-state index is 0.0417. The van der Waals surface area contributed by atoms with Gasteiger partial charge in [-0.3, -0.25) is 9.59 Å². The molecule has 2 aromatic carbocycles. The van der Waals surface area contributed by atoms with Crippen LogP contribution in [0.4, 0.5) is 5.69 Å². The van der Waals surface area contributed by atoms with E-state index in [1.807, 2.05) is 47.4 Å². The van der Waals surface area contributed by atoms with Crippen molar-refractivity contribution in [1.29, 1.82) is 0 Å². The molecule has 1 fully saturated rings. The highest BCUT2D eigenvalue weighted by molar-refractivity contribution is 7.18. The van der Waals surface area contributed by atoms with Crippen LogP contribution in [0.3, 0.4) is 0 Å². The van der Waals surface area contributed by atoms with Crippen LogP contribution in [0.15, 0.2) is 48.5 Å². The molecule has 2 aliphatic heterocycles. The molecule has 3 aromatic rings. The van der Waals surface area contributed by atoms with E-state index >= 15 is 0 Å². The molecule has 2 N–H and O–H groups in total. The van der Waals surface area contributed by atoms with Crippen LogP contribution in [0.25, 0.3) is 10.2 Å². The van der Waals surface area contributed by atoms with Gasteiger partial charge in [-0.1, -0.05) is 24.3 Å². The molecule has 0 saturated carbocycles. The van der Waals surface area contributed by atoms with Crippen LogP contribution in [0.5, 0.6) is 0 Å². The summed E-state index contributed by atoms with van der Waals surface area (Å²) in [6.45, 7) is 1.30. The van der Waals surface area contributed by atoms with Crippen LogP contribution in [-0.4, -0.2) is 40.5 Å². The normalized spacial score (nSPS) is 17.5. The van der Waals surface area contributed by atoms with Crippen molar-refractivity contribution >= 4 is 39.1 Å². The van der Waals surface area contributed by atoms with Crippen molar-refractivity contribution in [3.05, 3.63) is 59.1 Å². The number of hydrogen-bond donors (Lipinski definition) is 2. The predicted octanol–water partition coefficient (Wildman–Crippen LogP) is 3.79. The monoisotopic (exact) mass is 420 g/mol. The lowest BCUT2D eigenvalue weighted by molar-refractivity contribution is -0.132. The van der Waals surface area contributed by atoms with Crippen molar-refractivity contribution in [2.75, 3.05) is 18.4 Å². The van der Waals surface area contributed by atoms with Gasteiger partial charge in [-0.15, -0.1) is 11.3 Å². The number of fused-ring (bicyclic) bond motifs is 2. The lowest BCUT2D eigenvalue weighted by Gasteiger charge is -2.45. The number of anilines is 1. The fourth-order valence-electron chi connectivity index (χ4n) is 4.33. The number of piperidine rings is 1. The zero-order chi connectivity index (χ0) is 20.6. The molecule has 0 unspecified atom stereocenters. The molecule has 5 rings (SSSR count). The van der Waals surface area contributed by atoms with E-state index in [1.54, 1.807) is 11.3 Å². The van der Waals surface area contributed by atoms with Crippen LogP contribution >= 0.6 is 11.3 Å². The van der Waals surface area contributed by atoms with Gasteiger partial charge in [0.25, 0.3) is 5.91 Å². The summed E-state index contributed by atoms with van der Waals surface area (Å²) in [6.07, 6.45) is 3.58. The highest BCUT2D eigenvalue weighted by atomic mass is 32.1. The van der Waals surface area contributed by atoms with Gasteiger partial charge in [0.1, 0.15) is 5.66 Å². The SMILES string of the molecule is O=C1NC2(CCN(C(=O)CCCc3nc4ccccc4s3)CC2)Nc2ccccc21. The summed E-state index contributed by atoms with van der Waals surface area (Å²) in [5.74, 6) is 0.147. The van der Waals surface area contributed by atoms with Crippen molar-refractivity contribution in [2.45, 2.75) is 37.8 Å². The van der Waals surface area contributed by atoms with Gasteiger partial charge in [-0.25, -0.2) is 4.98 Å². The molecule has 0 radical (unpaired) electrons. The van der Waals surface area contributed by atoms with Gasteiger partial charge >= 0.3 is 0 Å². The first-order valence-corrected chi connectivity index (χ1v) is 11.3. The van der Waals surface area contributed by atoms with Gasteiger partial charge in [-0.05, 0) is 37.1 Å². The molecule has 1 saturated heterocycles. The molecule has 0 bridgehead atoms. The molecule has 1 spiro atoms. The standard InChI is InChI=1S/C23H24N4O2S/c28-21(11-5-10-20-24-18-8-3-4-9-19(18)30-20)27-14-12-23(13-15-27)25-17-7-2-1-6-16(17)22(29)26-23/h1-4,6-9,25H,5,10-15H2,(H,26,29). The zero-order valence-corrected chi connectivity index (χ0v) is 17.5. The summed E-state index contributed by atoms with van der Waals surface area (Å²) < 4.78 is 1.20. The Morgan fingerprint density at radius 3 is 2.67 bits per heavy atom. The Bertz CT molecular complexity index is 1070. The average molecular weight is 421 g/mol. The van der Waals surface area contributed by atoms with Crippen molar-refractivity contribution in [2.24, 2.45) is 0 Å². The molecular weight excluding hydrogens is 396 g/mol. The van der Waals surface area contributed by atoms with E-state index in [2.05, 4.69) is 21.7 Å². The molecule has 0 atom stereocenters. The molecule has 154 valence electrons. The summed E-state index contributed by atoms with van der Waals surface area (Å²) in [5, 5.41) is 7.72. The van der Waals surface area contributed by atoms with E-state index in [4.69, 9.17) is 0 Å². The number of likely N-dealkylation sites (tertiary alicyclic amines) is 1. The highest BCUT2D eigenvalue weighted by Crippen LogP contribution is 2.31. The lowest BCUT2D eigenvalue weighted by Crippen LogP contribution is -2.62. The van der Waals surface area contributed by atoms with Crippen LogP contribution in [-0.2, 0) is 11.2 Å². The molecule has 3 heterocycles. The number of nitrogens with one attached hydrogen (secondary N) is 2. The zero-order valence-electron chi connectivity index (χ0n) is 16.7. The summed E-state index contributed by atoms with van der Waals surface area (Å²) >= 11 is 1.71.